The number of carbonyl (C=O) groups is 4. The van der Waals surface area contributed by atoms with Crippen LogP contribution in [0.25, 0.3) is 0 Å². The van der Waals surface area contributed by atoms with E-state index < -0.39 is 54.0 Å². The molecule has 3 amide bonds. The monoisotopic (exact) mass is 522 g/mol. The predicted octanol–water partition coefficient (Wildman–Crippen LogP) is -1.27. The molecular formula is C25H42N6O6. The lowest BCUT2D eigenvalue weighted by Gasteiger charge is -2.26. The Bertz CT molecular complexity index is 853. The van der Waals surface area contributed by atoms with Gasteiger partial charge in [0.1, 0.15) is 18.1 Å². The fourth-order valence-electron chi connectivity index (χ4n) is 3.67. The Hall–Kier alpha value is -3.06. The average molecular weight is 523 g/mol. The first-order chi connectivity index (χ1) is 17.6. The van der Waals surface area contributed by atoms with Crippen molar-refractivity contribution in [2.45, 2.75) is 82.1 Å². The quantitative estimate of drug-likeness (QED) is 0.107. The van der Waals surface area contributed by atoms with E-state index in [1.807, 2.05) is 30.3 Å². The fourth-order valence-corrected chi connectivity index (χ4v) is 3.67. The molecule has 37 heavy (non-hydrogen) atoms. The molecule has 208 valence electrons. The molecule has 11 N–H and O–H groups in total. The van der Waals surface area contributed by atoms with Crippen molar-refractivity contribution in [1.29, 1.82) is 0 Å². The number of rotatable bonds is 18. The smallest absolute Gasteiger partial charge is 0.326 e. The number of nitrogens with two attached hydrogens (primary N) is 3. The van der Waals surface area contributed by atoms with E-state index in [0.29, 0.717) is 38.8 Å². The number of carboxylic acids is 1. The lowest BCUT2D eigenvalue weighted by Crippen LogP contribution is -2.59. The molecule has 12 heteroatoms. The Kier molecular flexibility index (Phi) is 15.0. The zero-order chi connectivity index (χ0) is 27.8. The van der Waals surface area contributed by atoms with Gasteiger partial charge in [-0.1, -0.05) is 30.3 Å². The largest absolute Gasteiger partial charge is 0.480 e. The van der Waals surface area contributed by atoms with Gasteiger partial charge in [0.25, 0.3) is 0 Å². The molecule has 5 atom stereocenters. The van der Waals surface area contributed by atoms with Crippen LogP contribution in [0.3, 0.4) is 0 Å². The molecule has 0 aromatic heterocycles. The number of unbranched alkanes of at least 4 members (excludes halogenated alkanes) is 2. The minimum absolute atomic E-state index is 0.188. The number of aliphatic hydroxyl groups excluding tert-OH is 1. The topological polar surface area (TPSA) is 223 Å². The van der Waals surface area contributed by atoms with Gasteiger partial charge in [-0.15, -0.1) is 0 Å². The molecule has 0 aliphatic heterocycles. The maximum absolute atomic E-state index is 13.0. The fraction of sp³-hybridized carbons (Fsp3) is 0.600. The third-order valence-corrected chi connectivity index (χ3v) is 5.84. The van der Waals surface area contributed by atoms with Crippen LogP contribution in [0.2, 0.25) is 0 Å². The van der Waals surface area contributed by atoms with Gasteiger partial charge in [0.2, 0.25) is 17.7 Å². The Morgan fingerprint density at radius 2 is 1.35 bits per heavy atom. The second-order valence-corrected chi connectivity index (χ2v) is 9.05. The van der Waals surface area contributed by atoms with Crippen molar-refractivity contribution in [3.8, 4) is 0 Å². The van der Waals surface area contributed by atoms with Crippen LogP contribution in [0, 0.1) is 0 Å². The van der Waals surface area contributed by atoms with Gasteiger partial charge < -0.3 is 43.4 Å². The highest BCUT2D eigenvalue weighted by molar-refractivity contribution is 5.94. The Labute approximate surface area is 217 Å². The summed E-state index contributed by atoms with van der Waals surface area (Å²) in [7, 11) is 0. The van der Waals surface area contributed by atoms with E-state index in [0.717, 1.165) is 5.56 Å². The van der Waals surface area contributed by atoms with Crippen molar-refractivity contribution in [3.05, 3.63) is 35.9 Å². The average Bonchev–Trinajstić information content (AvgIpc) is 2.86. The highest BCUT2D eigenvalue weighted by Crippen LogP contribution is 2.07. The van der Waals surface area contributed by atoms with Crippen molar-refractivity contribution < 1.29 is 29.4 Å². The third-order valence-electron chi connectivity index (χ3n) is 5.84. The normalized spacial score (nSPS) is 15.1. The summed E-state index contributed by atoms with van der Waals surface area (Å²) < 4.78 is 0. The maximum Gasteiger partial charge on any atom is 0.326 e. The minimum Gasteiger partial charge on any atom is -0.480 e. The molecular weight excluding hydrogens is 480 g/mol. The number of nitrogens with one attached hydrogen (secondary N) is 3. The SMILES string of the molecule is CC(O)C(NC(=O)C(N)Cc1ccccc1)C(=O)NC(CCCCN)C(=O)NC(CCCCN)C(=O)O. The van der Waals surface area contributed by atoms with Crippen LogP contribution in [-0.2, 0) is 25.6 Å². The summed E-state index contributed by atoms with van der Waals surface area (Å²) in [4.78, 5) is 50.2. The molecule has 0 bridgehead atoms. The van der Waals surface area contributed by atoms with Crippen LogP contribution in [0.5, 0.6) is 0 Å². The van der Waals surface area contributed by atoms with Gasteiger partial charge in [-0.25, -0.2) is 4.79 Å². The number of amides is 3. The first kappa shape index (κ1) is 32.0. The molecule has 0 saturated heterocycles. The third kappa shape index (κ3) is 12.2. The van der Waals surface area contributed by atoms with Gasteiger partial charge in [-0.05, 0) is 70.5 Å². The van der Waals surface area contributed by atoms with E-state index in [-0.39, 0.29) is 19.3 Å². The number of benzene rings is 1. The van der Waals surface area contributed by atoms with Gasteiger partial charge >= 0.3 is 5.97 Å². The van der Waals surface area contributed by atoms with E-state index in [4.69, 9.17) is 17.2 Å². The lowest BCUT2D eigenvalue weighted by atomic mass is 10.0. The number of hydrogen-bond acceptors (Lipinski definition) is 8. The molecule has 12 nitrogen and oxygen atoms in total. The molecule has 5 unspecified atom stereocenters. The predicted molar refractivity (Wildman–Crippen MR) is 139 cm³/mol. The number of carboxylic acid groups (broad SMARTS) is 1. The van der Waals surface area contributed by atoms with Gasteiger partial charge in [0.15, 0.2) is 0 Å². The van der Waals surface area contributed by atoms with E-state index >= 15 is 0 Å². The Balaban J connectivity index is 2.89. The number of carbonyl (C=O) groups excluding carboxylic acids is 3. The van der Waals surface area contributed by atoms with Crippen LogP contribution in [-0.4, -0.2) is 77.3 Å². The van der Waals surface area contributed by atoms with Crippen molar-refractivity contribution >= 4 is 23.7 Å². The van der Waals surface area contributed by atoms with Gasteiger partial charge in [-0.3, -0.25) is 14.4 Å². The standard InChI is InChI=1S/C25H42N6O6/c1-16(32)21(31-22(33)18(28)15-17-9-3-2-4-10-17)24(35)29-19(11-5-7-13-26)23(34)30-20(25(36)37)12-6-8-14-27/h2-4,9-10,16,18-21,32H,5-8,11-15,26-28H2,1H3,(H,29,35)(H,30,34)(H,31,33)(H,36,37). The van der Waals surface area contributed by atoms with Crippen molar-refractivity contribution in [2.24, 2.45) is 17.2 Å². The van der Waals surface area contributed by atoms with Gasteiger partial charge in [0.05, 0.1) is 12.1 Å². The Morgan fingerprint density at radius 3 is 1.86 bits per heavy atom. The maximum atomic E-state index is 13.0. The van der Waals surface area contributed by atoms with Crippen LogP contribution in [0.1, 0.15) is 51.0 Å². The molecule has 0 fully saturated rings. The number of aliphatic carboxylic acids is 1. The first-order valence-corrected chi connectivity index (χ1v) is 12.6. The van der Waals surface area contributed by atoms with Gasteiger partial charge in [0, 0.05) is 0 Å². The minimum atomic E-state index is -1.38. The molecule has 0 heterocycles. The summed E-state index contributed by atoms with van der Waals surface area (Å²) in [5, 5.41) is 27.1. The van der Waals surface area contributed by atoms with E-state index in [2.05, 4.69) is 16.0 Å². The molecule has 0 aliphatic rings. The van der Waals surface area contributed by atoms with E-state index in [9.17, 15) is 29.4 Å². The summed E-state index contributed by atoms with van der Waals surface area (Å²) in [5.74, 6) is -3.31. The summed E-state index contributed by atoms with van der Waals surface area (Å²) in [6, 6.07) is 4.52. The summed E-state index contributed by atoms with van der Waals surface area (Å²) in [5.41, 5.74) is 17.8. The highest BCUT2D eigenvalue weighted by Gasteiger charge is 2.32. The zero-order valence-electron chi connectivity index (χ0n) is 21.4. The van der Waals surface area contributed by atoms with Gasteiger partial charge in [-0.2, -0.15) is 0 Å². The molecule has 0 spiro atoms. The van der Waals surface area contributed by atoms with Crippen molar-refractivity contribution in [2.75, 3.05) is 13.1 Å². The summed E-state index contributed by atoms with van der Waals surface area (Å²) in [6.07, 6.45) is 1.52. The second-order valence-electron chi connectivity index (χ2n) is 9.05. The zero-order valence-corrected chi connectivity index (χ0v) is 21.4. The lowest BCUT2D eigenvalue weighted by molar-refractivity contribution is -0.142. The molecule has 0 saturated carbocycles. The second kappa shape index (κ2) is 17.4. The van der Waals surface area contributed by atoms with E-state index in [1.54, 1.807) is 0 Å². The van der Waals surface area contributed by atoms with Crippen LogP contribution >= 0.6 is 0 Å². The van der Waals surface area contributed by atoms with Crippen LogP contribution in [0.15, 0.2) is 30.3 Å². The van der Waals surface area contributed by atoms with Crippen molar-refractivity contribution in [1.82, 2.24) is 16.0 Å². The summed E-state index contributed by atoms with van der Waals surface area (Å²) in [6.45, 7) is 2.11. The molecule has 0 aliphatic carbocycles. The van der Waals surface area contributed by atoms with Crippen LogP contribution in [0.4, 0.5) is 0 Å². The number of hydrogen-bond donors (Lipinski definition) is 8. The Morgan fingerprint density at radius 1 is 0.811 bits per heavy atom. The molecule has 1 rings (SSSR count). The summed E-state index contributed by atoms with van der Waals surface area (Å²) >= 11 is 0. The first-order valence-electron chi connectivity index (χ1n) is 12.6. The highest BCUT2D eigenvalue weighted by atomic mass is 16.4. The molecule has 0 radical (unpaired) electrons. The number of aliphatic hydroxyl groups is 1. The molecule has 1 aromatic rings. The van der Waals surface area contributed by atoms with Crippen molar-refractivity contribution in [3.63, 3.8) is 0 Å². The molecule has 1 aromatic carbocycles. The van der Waals surface area contributed by atoms with E-state index in [1.165, 1.54) is 6.92 Å². The van der Waals surface area contributed by atoms with Crippen LogP contribution < -0.4 is 33.2 Å².